The van der Waals surface area contributed by atoms with Crippen LogP contribution in [-0.2, 0) is 0 Å². The zero-order chi connectivity index (χ0) is 13.2. The Balaban J connectivity index is 2.16. The number of hydrogen-bond donors (Lipinski definition) is 3. The molecule has 1 saturated carbocycles. The number of anilines is 2. The van der Waals surface area contributed by atoms with Crippen LogP contribution >= 0.6 is 11.8 Å². The number of hydrogen-bond acceptors (Lipinski definition) is 8. The SMILES string of the molecule is CSC1(CNc2nc(NN)ncc2[N+](=O)[O-])CC1. The van der Waals surface area contributed by atoms with E-state index >= 15 is 0 Å². The van der Waals surface area contributed by atoms with Gasteiger partial charge in [0.25, 0.3) is 0 Å². The second-order valence-electron chi connectivity index (χ2n) is 4.07. The Morgan fingerprint density at radius 2 is 2.39 bits per heavy atom. The standard InChI is InChI=1S/C9H14N6O2S/c1-18-9(2-3-9)5-12-7-6(15(16)17)4-11-8(13-7)14-10/h4H,2-3,5,10H2,1H3,(H2,11,12,13,14). The summed E-state index contributed by atoms with van der Waals surface area (Å²) in [7, 11) is 0. The summed E-state index contributed by atoms with van der Waals surface area (Å²) in [5.41, 5.74) is 2.12. The maximum atomic E-state index is 10.9. The zero-order valence-corrected chi connectivity index (χ0v) is 10.7. The monoisotopic (exact) mass is 270 g/mol. The van der Waals surface area contributed by atoms with Crippen LogP contribution in [0.3, 0.4) is 0 Å². The first-order valence-electron chi connectivity index (χ1n) is 5.37. The number of nitrogen functional groups attached to an aromatic ring is 1. The Labute approximate surface area is 108 Å². The third-order valence-electron chi connectivity index (χ3n) is 2.91. The molecule has 1 aliphatic carbocycles. The molecule has 0 saturated heterocycles. The molecule has 98 valence electrons. The van der Waals surface area contributed by atoms with E-state index in [4.69, 9.17) is 5.84 Å². The molecule has 1 heterocycles. The highest BCUT2D eigenvalue weighted by Crippen LogP contribution is 2.47. The first-order valence-corrected chi connectivity index (χ1v) is 6.60. The van der Waals surface area contributed by atoms with Gasteiger partial charge >= 0.3 is 5.69 Å². The summed E-state index contributed by atoms with van der Waals surface area (Å²) < 4.78 is 0.190. The fourth-order valence-electron chi connectivity index (χ4n) is 1.55. The number of aromatic nitrogens is 2. The fraction of sp³-hybridized carbons (Fsp3) is 0.556. The second-order valence-corrected chi connectivity index (χ2v) is 5.34. The summed E-state index contributed by atoms with van der Waals surface area (Å²) in [6, 6.07) is 0. The Kier molecular flexibility index (Phi) is 3.53. The van der Waals surface area contributed by atoms with E-state index in [1.54, 1.807) is 11.8 Å². The minimum Gasteiger partial charge on any atom is -0.363 e. The average Bonchev–Trinajstić information content (AvgIpc) is 3.16. The molecule has 9 heteroatoms. The predicted molar refractivity (Wildman–Crippen MR) is 70.5 cm³/mol. The molecule has 1 aromatic rings. The number of rotatable bonds is 6. The molecule has 0 atom stereocenters. The highest BCUT2D eigenvalue weighted by atomic mass is 32.2. The Bertz CT molecular complexity index is 464. The Morgan fingerprint density at radius 1 is 1.67 bits per heavy atom. The van der Waals surface area contributed by atoms with Gasteiger partial charge in [-0.2, -0.15) is 16.7 Å². The minimum atomic E-state index is -0.513. The molecule has 1 aliphatic rings. The molecule has 18 heavy (non-hydrogen) atoms. The molecule has 0 radical (unpaired) electrons. The van der Waals surface area contributed by atoms with Crippen molar-refractivity contribution in [2.75, 3.05) is 23.5 Å². The van der Waals surface area contributed by atoms with Gasteiger partial charge in [0.05, 0.1) is 4.92 Å². The highest BCUT2D eigenvalue weighted by molar-refractivity contribution is 8.00. The van der Waals surface area contributed by atoms with E-state index in [0.717, 1.165) is 19.0 Å². The molecule has 0 spiro atoms. The second kappa shape index (κ2) is 4.94. The Hall–Kier alpha value is -1.61. The summed E-state index contributed by atoms with van der Waals surface area (Å²) in [6.07, 6.45) is 5.41. The van der Waals surface area contributed by atoms with E-state index in [0.29, 0.717) is 6.54 Å². The van der Waals surface area contributed by atoms with Crippen molar-refractivity contribution in [2.45, 2.75) is 17.6 Å². The highest BCUT2D eigenvalue weighted by Gasteiger charge is 2.42. The summed E-state index contributed by atoms with van der Waals surface area (Å²) in [5, 5.41) is 13.9. The normalized spacial score (nSPS) is 16.1. The van der Waals surface area contributed by atoms with Crippen LogP contribution in [0.5, 0.6) is 0 Å². The number of nitrogens with two attached hydrogens (primary N) is 1. The van der Waals surface area contributed by atoms with Crippen molar-refractivity contribution in [3.63, 3.8) is 0 Å². The zero-order valence-electron chi connectivity index (χ0n) is 9.84. The molecule has 8 nitrogen and oxygen atoms in total. The van der Waals surface area contributed by atoms with Crippen molar-refractivity contribution in [1.29, 1.82) is 0 Å². The molecule has 4 N–H and O–H groups in total. The molecular weight excluding hydrogens is 256 g/mol. The molecule has 2 rings (SSSR count). The molecule has 0 aromatic carbocycles. The van der Waals surface area contributed by atoms with Gasteiger partial charge in [-0.3, -0.25) is 15.5 Å². The summed E-state index contributed by atoms with van der Waals surface area (Å²) in [5.74, 6) is 5.54. The first-order chi connectivity index (χ1) is 8.60. The van der Waals surface area contributed by atoms with Gasteiger partial charge in [-0.05, 0) is 19.1 Å². The molecule has 0 bridgehead atoms. The summed E-state index contributed by atoms with van der Waals surface area (Å²) >= 11 is 1.77. The Morgan fingerprint density at radius 3 is 2.89 bits per heavy atom. The topological polar surface area (TPSA) is 119 Å². The summed E-state index contributed by atoms with van der Waals surface area (Å²) in [6.45, 7) is 0.649. The van der Waals surface area contributed by atoms with E-state index in [-0.39, 0.29) is 22.2 Å². The van der Waals surface area contributed by atoms with Gasteiger partial charge in [0.15, 0.2) is 0 Å². The maximum Gasteiger partial charge on any atom is 0.329 e. The number of hydrazine groups is 1. The fourth-order valence-corrected chi connectivity index (χ4v) is 2.27. The predicted octanol–water partition coefficient (Wildman–Crippen LogP) is 0.978. The number of thioether (sulfide) groups is 1. The van der Waals surface area contributed by atoms with Gasteiger partial charge < -0.3 is 5.32 Å². The van der Waals surface area contributed by atoms with Crippen LogP contribution in [0.1, 0.15) is 12.8 Å². The lowest BCUT2D eigenvalue weighted by Crippen LogP contribution is -2.20. The van der Waals surface area contributed by atoms with Crippen molar-refractivity contribution < 1.29 is 4.92 Å². The minimum absolute atomic E-state index is 0.147. The molecule has 1 fully saturated rings. The lowest BCUT2D eigenvalue weighted by Gasteiger charge is -2.13. The van der Waals surface area contributed by atoms with E-state index < -0.39 is 4.92 Å². The number of nitrogens with one attached hydrogen (secondary N) is 2. The van der Waals surface area contributed by atoms with Crippen molar-refractivity contribution in [2.24, 2.45) is 5.84 Å². The quantitative estimate of drug-likeness (QED) is 0.397. The number of nitrogens with zero attached hydrogens (tertiary/aromatic N) is 3. The van der Waals surface area contributed by atoms with Gasteiger partial charge in [-0.25, -0.2) is 10.8 Å². The van der Waals surface area contributed by atoms with Crippen molar-refractivity contribution in [1.82, 2.24) is 9.97 Å². The van der Waals surface area contributed by atoms with E-state index in [1.807, 2.05) is 6.26 Å². The van der Waals surface area contributed by atoms with Gasteiger partial charge in [0.1, 0.15) is 6.20 Å². The molecular formula is C9H14N6O2S. The van der Waals surface area contributed by atoms with Crippen molar-refractivity contribution in [3.05, 3.63) is 16.3 Å². The third kappa shape index (κ3) is 2.62. The van der Waals surface area contributed by atoms with E-state index in [2.05, 4.69) is 20.7 Å². The largest absolute Gasteiger partial charge is 0.363 e. The van der Waals surface area contributed by atoms with Crippen molar-refractivity contribution in [3.8, 4) is 0 Å². The lowest BCUT2D eigenvalue weighted by molar-refractivity contribution is -0.384. The van der Waals surface area contributed by atoms with Crippen LogP contribution in [0.2, 0.25) is 0 Å². The first kappa shape index (κ1) is 12.8. The van der Waals surface area contributed by atoms with Gasteiger partial charge in [0.2, 0.25) is 11.8 Å². The number of nitro groups is 1. The van der Waals surface area contributed by atoms with E-state index in [1.165, 1.54) is 0 Å². The summed E-state index contributed by atoms with van der Waals surface area (Å²) in [4.78, 5) is 18.0. The van der Waals surface area contributed by atoms with Crippen LogP contribution in [0.25, 0.3) is 0 Å². The van der Waals surface area contributed by atoms with Crippen LogP contribution in [0, 0.1) is 10.1 Å². The van der Waals surface area contributed by atoms with Gasteiger partial charge in [-0.15, -0.1) is 0 Å². The van der Waals surface area contributed by atoms with Crippen molar-refractivity contribution >= 4 is 29.2 Å². The third-order valence-corrected chi connectivity index (χ3v) is 4.33. The molecule has 0 unspecified atom stereocenters. The van der Waals surface area contributed by atoms with Crippen LogP contribution < -0.4 is 16.6 Å². The molecule has 0 amide bonds. The van der Waals surface area contributed by atoms with Crippen LogP contribution in [0.15, 0.2) is 6.20 Å². The van der Waals surface area contributed by atoms with Crippen LogP contribution in [-0.4, -0.2) is 32.4 Å². The lowest BCUT2D eigenvalue weighted by atomic mass is 10.4. The maximum absolute atomic E-state index is 10.9. The molecule has 1 aromatic heterocycles. The van der Waals surface area contributed by atoms with Gasteiger partial charge in [-0.1, -0.05) is 0 Å². The average molecular weight is 270 g/mol. The smallest absolute Gasteiger partial charge is 0.329 e. The van der Waals surface area contributed by atoms with E-state index in [9.17, 15) is 10.1 Å². The molecule has 0 aliphatic heterocycles. The van der Waals surface area contributed by atoms with Crippen LogP contribution in [0.4, 0.5) is 17.5 Å². The van der Waals surface area contributed by atoms with Gasteiger partial charge in [0, 0.05) is 11.3 Å².